The molecule has 1 heteroatoms. The van der Waals surface area contributed by atoms with Crippen LogP contribution in [0.4, 0.5) is 0 Å². The monoisotopic (exact) mass is 278 g/mol. The highest BCUT2D eigenvalue weighted by molar-refractivity contribution is 7.64. The van der Waals surface area contributed by atoms with Gasteiger partial charge < -0.3 is 0 Å². The van der Waals surface area contributed by atoms with Gasteiger partial charge in [-0.1, -0.05) is 67.0 Å². The largest absolute Gasteiger partial charge is 0.0785 e. The molecule has 0 aliphatic heterocycles. The van der Waals surface area contributed by atoms with Crippen molar-refractivity contribution in [3.8, 4) is 0 Å². The van der Waals surface area contributed by atoms with E-state index in [0.29, 0.717) is 0 Å². The Kier molecular flexibility index (Phi) is 7.69. The molecular formula is C18H31P. The fourth-order valence-corrected chi connectivity index (χ4v) is 4.23. The number of aryl methyl sites for hydroxylation is 1. The van der Waals surface area contributed by atoms with Gasteiger partial charge in [0.15, 0.2) is 0 Å². The van der Waals surface area contributed by atoms with Gasteiger partial charge in [0.2, 0.25) is 0 Å². The van der Waals surface area contributed by atoms with E-state index in [9.17, 15) is 0 Å². The molecule has 0 amide bonds. The molecule has 0 bridgehead atoms. The van der Waals surface area contributed by atoms with Crippen LogP contribution >= 0.6 is 7.92 Å². The molecule has 0 radical (unpaired) electrons. The SMILES string of the molecule is CCCc1ccc(P(C)CC)c(CCC)c1CCC. The topological polar surface area (TPSA) is 0 Å². The van der Waals surface area contributed by atoms with E-state index in [0.717, 1.165) is 0 Å². The zero-order valence-corrected chi connectivity index (χ0v) is 14.4. The summed E-state index contributed by atoms with van der Waals surface area (Å²) in [5.41, 5.74) is 5.04. The molecule has 1 atom stereocenters. The summed E-state index contributed by atoms with van der Waals surface area (Å²) in [5.74, 6) is 0. The van der Waals surface area contributed by atoms with Crippen molar-refractivity contribution < 1.29 is 0 Å². The van der Waals surface area contributed by atoms with Crippen molar-refractivity contribution in [3.05, 3.63) is 28.8 Å². The molecule has 0 spiro atoms. The highest BCUT2D eigenvalue weighted by Crippen LogP contribution is 2.33. The summed E-state index contributed by atoms with van der Waals surface area (Å²) < 4.78 is 0. The molecule has 1 rings (SSSR count). The first-order valence-electron chi connectivity index (χ1n) is 8.04. The first-order valence-corrected chi connectivity index (χ1v) is 10.0. The van der Waals surface area contributed by atoms with Crippen LogP contribution in [0.15, 0.2) is 12.1 Å². The summed E-state index contributed by atoms with van der Waals surface area (Å²) in [4.78, 5) is 0. The minimum atomic E-state index is 0.0456. The number of hydrogen-bond donors (Lipinski definition) is 0. The van der Waals surface area contributed by atoms with Crippen molar-refractivity contribution >= 4 is 13.2 Å². The average molecular weight is 278 g/mol. The summed E-state index contributed by atoms with van der Waals surface area (Å²) in [6.07, 6.45) is 8.90. The van der Waals surface area contributed by atoms with Gasteiger partial charge in [0.05, 0.1) is 0 Å². The summed E-state index contributed by atoms with van der Waals surface area (Å²) in [6, 6.07) is 4.88. The van der Waals surface area contributed by atoms with Gasteiger partial charge in [-0.05, 0) is 54.1 Å². The minimum absolute atomic E-state index is 0.0456. The molecule has 19 heavy (non-hydrogen) atoms. The predicted molar refractivity (Wildman–Crippen MR) is 91.4 cm³/mol. The molecule has 0 nitrogen and oxygen atoms in total. The Morgan fingerprint density at radius 3 is 1.89 bits per heavy atom. The van der Waals surface area contributed by atoms with Crippen LogP contribution in [-0.4, -0.2) is 12.8 Å². The van der Waals surface area contributed by atoms with Crippen LogP contribution in [0.3, 0.4) is 0 Å². The third-order valence-corrected chi connectivity index (χ3v) is 6.10. The van der Waals surface area contributed by atoms with E-state index in [1.807, 2.05) is 0 Å². The third-order valence-electron chi connectivity index (χ3n) is 3.91. The zero-order valence-electron chi connectivity index (χ0n) is 13.6. The van der Waals surface area contributed by atoms with Crippen LogP contribution in [0, 0.1) is 0 Å². The van der Waals surface area contributed by atoms with Gasteiger partial charge >= 0.3 is 0 Å². The van der Waals surface area contributed by atoms with Crippen LogP contribution in [0.1, 0.15) is 63.6 Å². The molecule has 0 saturated carbocycles. The second-order valence-electron chi connectivity index (χ2n) is 5.47. The maximum absolute atomic E-state index is 2.45. The van der Waals surface area contributed by atoms with Crippen molar-refractivity contribution in [1.82, 2.24) is 0 Å². The quantitative estimate of drug-likeness (QED) is 0.566. The van der Waals surface area contributed by atoms with Gasteiger partial charge in [0.25, 0.3) is 0 Å². The van der Waals surface area contributed by atoms with Crippen LogP contribution < -0.4 is 5.30 Å². The number of benzene rings is 1. The molecule has 1 aromatic carbocycles. The molecular weight excluding hydrogens is 247 g/mol. The van der Waals surface area contributed by atoms with Gasteiger partial charge in [-0.3, -0.25) is 0 Å². The molecule has 1 aromatic rings. The molecule has 0 heterocycles. The third kappa shape index (κ3) is 4.32. The summed E-state index contributed by atoms with van der Waals surface area (Å²) >= 11 is 0. The normalized spacial score (nSPS) is 12.7. The van der Waals surface area contributed by atoms with Crippen LogP contribution in [0.25, 0.3) is 0 Å². The van der Waals surface area contributed by atoms with Gasteiger partial charge in [-0.2, -0.15) is 0 Å². The fraction of sp³-hybridized carbons (Fsp3) is 0.667. The molecule has 0 N–H and O–H groups in total. The summed E-state index contributed by atoms with van der Waals surface area (Å²) in [7, 11) is 0.0456. The first kappa shape index (κ1) is 16.7. The number of hydrogen-bond acceptors (Lipinski definition) is 0. The van der Waals surface area contributed by atoms with Crippen molar-refractivity contribution in [2.24, 2.45) is 0 Å². The van der Waals surface area contributed by atoms with Crippen molar-refractivity contribution in [2.45, 2.75) is 66.2 Å². The highest BCUT2D eigenvalue weighted by Gasteiger charge is 2.15. The van der Waals surface area contributed by atoms with Crippen molar-refractivity contribution in [1.29, 1.82) is 0 Å². The Morgan fingerprint density at radius 1 is 0.789 bits per heavy atom. The van der Waals surface area contributed by atoms with Gasteiger partial charge in [0, 0.05) is 0 Å². The fourth-order valence-electron chi connectivity index (χ4n) is 2.85. The Hall–Kier alpha value is -0.350. The minimum Gasteiger partial charge on any atom is -0.0785 e. The van der Waals surface area contributed by atoms with E-state index in [4.69, 9.17) is 0 Å². The lowest BCUT2D eigenvalue weighted by Crippen LogP contribution is -2.15. The van der Waals surface area contributed by atoms with Gasteiger partial charge in [0.1, 0.15) is 0 Å². The summed E-state index contributed by atoms with van der Waals surface area (Å²) in [5, 5.41) is 1.68. The molecule has 0 saturated heterocycles. The van der Waals surface area contributed by atoms with Gasteiger partial charge in [-0.15, -0.1) is 0 Å². The Morgan fingerprint density at radius 2 is 1.37 bits per heavy atom. The second-order valence-corrected chi connectivity index (χ2v) is 7.98. The van der Waals surface area contributed by atoms with Crippen LogP contribution in [-0.2, 0) is 19.3 Å². The van der Waals surface area contributed by atoms with E-state index < -0.39 is 0 Å². The van der Waals surface area contributed by atoms with E-state index in [-0.39, 0.29) is 7.92 Å². The maximum Gasteiger partial charge on any atom is -0.0208 e. The van der Waals surface area contributed by atoms with E-state index >= 15 is 0 Å². The second kappa shape index (κ2) is 8.75. The molecule has 0 aliphatic carbocycles. The smallest absolute Gasteiger partial charge is 0.0208 e. The molecule has 1 unspecified atom stereocenters. The molecule has 0 aliphatic rings. The standard InChI is InChI=1S/C18H31P/c1-6-10-15-13-14-18(19(5)9-4)17(12-8-3)16(15)11-7-2/h13-14H,6-12H2,1-5H3. The lowest BCUT2D eigenvalue weighted by Gasteiger charge is -2.22. The lowest BCUT2D eigenvalue weighted by molar-refractivity contribution is 0.829. The Bertz CT molecular complexity index is 382. The molecule has 108 valence electrons. The highest BCUT2D eigenvalue weighted by atomic mass is 31.1. The van der Waals surface area contributed by atoms with Crippen molar-refractivity contribution in [3.63, 3.8) is 0 Å². The molecule has 0 aromatic heterocycles. The van der Waals surface area contributed by atoms with Crippen LogP contribution in [0.5, 0.6) is 0 Å². The average Bonchev–Trinajstić information content (AvgIpc) is 2.42. The predicted octanol–water partition coefficient (Wildman–Crippen LogP) is 5.30. The van der Waals surface area contributed by atoms with Gasteiger partial charge in [-0.25, -0.2) is 0 Å². The van der Waals surface area contributed by atoms with Crippen LogP contribution in [0.2, 0.25) is 0 Å². The molecule has 0 fully saturated rings. The van der Waals surface area contributed by atoms with E-state index in [1.54, 1.807) is 22.0 Å². The number of rotatable bonds is 8. The van der Waals surface area contributed by atoms with Crippen molar-refractivity contribution in [2.75, 3.05) is 12.8 Å². The lowest BCUT2D eigenvalue weighted by atomic mass is 9.92. The van der Waals surface area contributed by atoms with E-state index in [1.165, 1.54) is 44.7 Å². The zero-order chi connectivity index (χ0) is 14.3. The maximum atomic E-state index is 2.45. The Labute approximate surface area is 121 Å². The van der Waals surface area contributed by atoms with E-state index in [2.05, 4.69) is 46.5 Å². The first-order chi connectivity index (χ1) is 9.19. The Balaban J connectivity index is 3.30. The summed E-state index contributed by atoms with van der Waals surface area (Å²) in [6.45, 7) is 11.7.